The van der Waals surface area contributed by atoms with Gasteiger partial charge in [-0.2, -0.15) is 0 Å². The van der Waals surface area contributed by atoms with Crippen LogP contribution in [0.4, 0.5) is 4.39 Å². The SMILES string of the molecule is Fc1ccc(C(CCCN2CCNCC2)c2ccccc2)cc1. The van der Waals surface area contributed by atoms with Crippen molar-refractivity contribution in [2.24, 2.45) is 0 Å². The van der Waals surface area contributed by atoms with Crippen molar-refractivity contribution in [3.8, 4) is 0 Å². The highest BCUT2D eigenvalue weighted by Crippen LogP contribution is 2.29. The molecule has 0 saturated carbocycles. The third kappa shape index (κ3) is 4.63. The standard InChI is InChI=1S/C20H25FN2/c21-19-10-8-18(9-11-19)20(17-5-2-1-3-6-17)7-4-14-23-15-12-22-13-16-23/h1-3,5-6,8-11,20,22H,4,7,12-16H2. The van der Waals surface area contributed by atoms with Gasteiger partial charge in [0.15, 0.2) is 0 Å². The number of nitrogens with zero attached hydrogens (tertiary/aromatic N) is 1. The zero-order chi connectivity index (χ0) is 15.9. The third-order valence-electron chi connectivity index (χ3n) is 4.65. The van der Waals surface area contributed by atoms with Crippen LogP contribution < -0.4 is 5.32 Å². The van der Waals surface area contributed by atoms with Crippen LogP contribution in [0.2, 0.25) is 0 Å². The minimum Gasteiger partial charge on any atom is -0.314 e. The van der Waals surface area contributed by atoms with E-state index < -0.39 is 0 Å². The van der Waals surface area contributed by atoms with Crippen LogP contribution in [0.1, 0.15) is 29.9 Å². The molecule has 0 radical (unpaired) electrons. The van der Waals surface area contributed by atoms with E-state index in [1.807, 2.05) is 18.2 Å². The Morgan fingerprint density at radius 1 is 0.913 bits per heavy atom. The van der Waals surface area contributed by atoms with Gasteiger partial charge in [-0.15, -0.1) is 0 Å². The molecule has 1 heterocycles. The summed E-state index contributed by atoms with van der Waals surface area (Å²) in [4.78, 5) is 2.53. The Hall–Kier alpha value is -1.71. The Bertz CT molecular complexity index is 576. The summed E-state index contributed by atoms with van der Waals surface area (Å²) in [7, 11) is 0. The van der Waals surface area contributed by atoms with Crippen LogP contribution in [0, 0.1) is 5.82 Å². The predicted octanol–water partition coefficient (Wildman–Crippen LogP) is 3.64. The minimum atomic E-state index is -0.165. The molecule has 2 aromatic rings. The van der Waals surface area contributed by atoms with Gasteiger partial charge in [0.1, 0.15) is 5.82 Å². The molecule has 1 saturated heterocycles. The molecule has 23 heavy (non-hydrogen) atoms. The van der Waals surface area contributed by atoms with Crippen molar-refractivity contribution in [1.82, 2.24) is 10.2 Å². The molecular formula is C20H25FN2. The topological polar surface area (TPSA) is 15.3 Å². The predicted molar refractivity (Wildman–Crippen MR) is 93.2 cm³/mol. The van der Waals surface area contributed by atoms with Crippen molar-refractivity contribution in [1.29, 1.82) is 0 Å². The molecule has 0 spiro atoms. The highest BCUT2D eigenvalue weighted by Gasteiger charge is 2.15. The molecule has 0 amide bonds. The van der Waals surface area contributed by atoms with Crippen molar-refractivity contribution in [2.45, 2.75) is 18.8 Å². The lowest BCUT2D eigenvalue weighted by Gasteiger charge is -2.28. The Kier molecular flexibility index (Phi) is 5.78. The summed E-state index contributed by atoms with van der Waals surface area (Å²) in [5.41, 5.74) is 2.53. The zero-order valence-corrected chi connectivity index (χ0v) is 13.5. The summed E-state index contributed by atoms with van der Waals surface area (Å²) in [5.74, 6) is 0.182. The first-order valence-corrected chi connectivity index (χ1v) is 8.56. The third-order valence-corrected chi connectivity index (χ3v) is 4.65. The fourth-order valence-electron chi connectivity index (χ4n) is 3.36. The van der Waals surface area contributed by atoms with Crippen LogP contribution in [-0.4, -0.2) is 37.6 Å². The Labute approximate surface area is 138 Å². The quantitative estimate of drug-likeness (QED) is 0.876. The molecule has 1 aliphatic heterocycles. The van der Waals surface area contributed by atoms with Crippen molar-refractivity contribution in [2.75, 3.05) is 32.7 Å². The number of hydrogen-bond donors (Lipinski definition) is 1. The molecule has 3 rings (SSSR count). The van der Waals surface area contributed by atoms with Gasteiger partial charge in [0, 0.05) is 32.1 Å². The maximum atomic E-state index is 13.2. The van der Waals surface area contributed by atoms with Gasteiger partial charge >= 0.3 is 0 Å². The molecule has 2 aromatic carbocycles. The molecule has 1 atom stereocenters. The van der Waals surface area contributed by atoms with Gasteiger partial charge in [0.25, 0.3) is 0 Å². The smallest absolute Gasteiger partial charge is 0.123 e. The number of nitrogens with one attached hydrogen (secondary N) is 1. The maximum absolute atomic E-state index is 13.2. The van der Waals surface area contributed by atoms with Crippen molar-refractivity contribution < 1.29 is 4.39 Å². The van der Waals surface area contributed by atoms with Crippen molar-refractivity contribution in [3.05, 3.63) is 71.5 Å². The maximum Gasteiger partial charge on any atom is 0.123 e. The summed E-state index contributed by atoms with van der Waals surface area (Å²) < 4.78 is 13.2. The summed E-state index contributed by atoms with van der Waals surface area (Å²) in [6, 6.07) is 17.6. The average molecular weight is 312 g/mol. The van der Waals surface area contributed by atoms with E-state index in [9.17, 15) is 4.39 Å². The molecule has 1 N–H and O–H groups in total. The molecule has 0 aliphatic carbocycles. The Morgan fingerprint density at radius 2 is 1.57 bits per heavy atom. The van der Waals surface area contributed by atoms with E-state index in [4.69, 9.17) is 0 Å². The number of halogens is 1. The van der Waals surface area contributed by atoms with E-state index in [1.54, 1.807) is 12.1 Å². The lowest BCUT2D eigenvalue weighted by atomic mass is 9.87. The molecular weight excluding hydrogens is 287 g/mol. The molecule has 0 bridgehead atoms. The second-order valence-electron chi connectivity index (χ2n) is 6.25. The number of rotatable bonds is 6. The van der Waals surface area contributed by atoms with Gasteiger partial charge in [-0.3, -0.25) is 0 Å². The molecule has 1 aliphatic rings. The molecule has 3 heteroatoms. The normalized spacial score (nSPS) is 17.1. The van der Waals surface area contributed by atoms with Gasteiger partial charge in [-0.1, -0.05) is 42.5 Å². The largest absolute Gasteiger partial charge is 0.314 e. The van der Waals surface area contributed by atoms with E-state index in [0.29, 0.717) is 5.92 Å². The number of benzene rings is 2. The van der Waals surface area contributed by atoms with Crippen molar-refractivity contribution in [3.63, 3.8) is 0 Å². The molecule has 0 aromatic heterocycles. The van der Waals surface area contributed by atoms with Crippen LogP contribution in [-0.2, 0) is 0 Å². The fraction of sp³-hybridized carbons (Fsp3) is 0.400. The minimum absolute atomic E-state index is 0.165. The van der Waals surface area contributed by atoms with Crippen LogP contribution in [0.15, 0.2) is 54.6 Å². The molecule has 122 valence electrons. The van der Waals surface area contributed by atoms with E-state index in [-0.39, 0.29) is 5.82 Å². The van der Waals surface area contributed by atoms with Gasteiger partial charge in [0.2, 0.25) is 0 Å². The number of hydrogen-bond acceptors (Lipinski definition) is 2. The highest BCUT2D eigenvalue weighted by atomic mass is 19.1. The van der Waals surface area contributed by atoms with Crippen LogP contribution in [0.5, 0.6) is 0 Å². The monoisotopic (exact) mass is 312 g/mol. The van der Waals surface area contributed by atoms with Crippen LogP contribution in [0.25, 0.3) is 0 Å². The first-order valence-electron chi connectivity index (χ1n) is 8.56. The second-order valence-corrected chi connectivity index (χ2v) is 6.25. The highest BCUT2D eigenvalue weighted by molar-refractivity contribution is 5.32. The zero-order valence-electron chi connectivity index (χ0n) is 13.5. The Balaban J connectivity index is 1.66. The second kappa shape index (κ2) is 8.23. The first kappa shape index (κ1) is 16.2. The van der Waals surface area contributed by atoms with Crippen molar-refractivity contribution >= 4 is 0 Å². The first-order chi connectivity index (χ1) is 11.3. The van der Waals surface area contributed by atoms with E-state index in [0.717, 1.165) is 45.6 Å². The molecule has 2 nitrogen and oxygen atoms in total. The lowest BCUT2D eigenvalue weighted by molar-refractivity contribution is 0.235. The van der Waals surface area contributed by atoms with Crippen LogP contribution in [0.3, 0.4) is 0 Å². The van der Waals surface area contributed by atoms with Gasteiger partial charge in [0.05, 0.1) is 0 Å². The number of piperazine rings is 1. The van der Waals surface area contributed by atoms with Crippen LogP contribution >= 0.6 is 0 Å². The van der Waals surface area contributed by atoms with E-state index in [1.165, 1.54) is 11.1 Å². The lowest BCUT2D eigenvalue weighted by Crippen LogP contribution is -2.43. The van der Waals surface area contributed by atoms with E-state index in [2.05, 4.69) is 34.5 Å². The van der Waals surface area contributed by atoms with Gasteiger partial charge in [-0.25, -0.2) is 4.39 Å². The average Bonchev–Trinajstić information content (AvgIpc) is 2.61. The van der Waals surface area contributed by atoms with E-state index >= 15 is 0 Å². The Morgan fingerprint density at radius 3 is 2.26 bits per heavy atom. The summed E-state index contributed by atoms with van der Waals surface area (Å²) in [6.07, 6.45) is 2.26. The molecule has 1 fully saturated rings. The summed E-state index contributed by atoms with van der Waals surface area (Å²) >= 11 is 0. The summed E-state index contributed by atoms with van der Waals surface area (Å²) in [6.45, 7) is 5.63. The summed E-state index contributed by atoms with van der Waals surface area (Å²) in [5, 5.41) is 3.39. The fourth-order valence-corrected chi connectivity index (χ4v) is 3.36. The molecule has 1 unspecified atom stereocenters. The van der Waals surface area contributed by atoms with Gasteiger partial charge in [-0.05, 0) is 42.6 Å². The van der Waals surface area contributed by atoms with Gasteiger partial charge < -0.3 is 10.2 Å².